The highest BCUT2D eigenvalue weighted by Crippen LogP contribution is 2.54. The molecule has 0 spiro atoms. The molecule has 360 valence electrons. The summed E-state index contributed by atoms with van der Waals surface area (Å²) < 4.78 is 6.54. The normalized spacial score (nSPS) is 13.7. The van der Waals surface area contributed by atoms with Crippen molar-refractivity contribution in [2.24, 2.45) is 0 Å². The van der Waals surface area contributed by atoms with E-state index in [9.17, 15) is 0 Å². The van der Waals surface area contributed by atoms with E-state index in [2.05, 4.69) is 275 Å². The van der Waals surface area contributed by atoms with Crippen LogP contribution in [0.3, 0.4) is 0 Å². The Morgan fingerprint density at radius 1 is 0.276 bits per heavy atom. The van der Waals surface area contributed by atoms with Crippen molar-refractivity contribution in [3.05, 3.63) is 271 Å². The Morgan fingerprint density at radius 3 is 1.30 bits per heavy atom. The van der Waals surface area contributed by atoms with E-state index in [-0.39, 0.29) is 10.8 Å². The number of hydrogen-bond donors (Lipinski definition) is 0. The van der Waals surface area contributed by atoms with Crippen LogP contribution in [0, 0.1) is 0 Å². The molecule has 0 aliphatic heterocycles. The third-order valence-electron chi connectivity index (χ3n) is 17.0. The van der Waals surface area contributed by atoms with E-state index in [0.29, 0.717) is 0 Å². The van der Waals surface area contributed by atoms with E-state index in [1.807, 2.05) is 6.07 Å². The zero-order chi connectivity index (χ0) is 50.9. The number of rotatable bonds is 7. The topological polar surface area (TPSA) is 16.4 Å². The van der Waals surface area contributed by atoms with Crippen LogP contribution < -0.4 is 4.90 Å². The van der Waals surface area contributed by atoms with Crippen molar-refractivity contribution in [3.63, 3.8) is 0 Å². The van der Waals surface area contributed by atoms with Crippen LogP contribution in [0.1, 0.15) is 49.9 Å². The highest BCUT2D eigenvalue weighted by Gasteiger charge is 2.38. The average molecular weight is 972 g/mol. The predicted octanol–water partition coefficient (Wildman–Crippen LogP) is 20.6. The first-order valence-corrected chi connectivity index (χ1v) is 26.6. The molecule has 0 amide bonds. The quantitative estimate of drug-likeness (QED) is 0.158. The standard InChI is InChI=1S/C74H53NO/c1-73(2)67-42-54(52-28-26-46-14-5-7-16-48(46)38-52)30-34-61(67)63-36-32-58(44-69(63)73)75(57-21-12-19-51(41-57)50-18-11-20-56(40-50)60-23-13-24-66-65-22-9-10-25-71(65)76-72(60)66)59-33-37-64-62-35-31-55(43-68(62)74(3,4)70(64)45-59)53-29-27-47-15-6-8-17-49(47)39-53/h5-45H,1-4H3. The van der Waals surface area contributed by atoms with Crippen LogP contribution in [-0.2, 0) is 10.8 Å². The van der Waals surface area contributed by atoms with Gasteiger partial charge in [-0.25, -0.2) is 0 Å². The first-order chi connectivity index (χ1) is 37.1. The Balaban J connectivity index is 0.848. The molecular formula is C74H53NO. The largest absolute Gasteiger partial charge is 0.455 e. The minimum absolute atomic E-state index is 0.242. The molecule has 76 heavy (non-hydrogen) atoms. The molecule has 2 aliphatic carbocycles. The van der Waals surface area contributed by atoms with E-state index >= 15 is 0 Å². The first kappa shape index (κ1) is 44.3. The van der Waals surface area contributed by atoms with E-state index in [4.69, 9.17) is 4.42 Å². The molecule has 2 nitrogen and oxygen atoms in total. The van der Waals surface area contributed by atoms with Crippen LogP contribution in [0.15, 0.2) is 253 Å². The maximum Gasteiger partial charge on any atom is 0.143 e. The van der Waals surface area contributed by atoms with Crippen molar-refractivity contribution in [2.75, 3.05) is 4.90 Å². The summed E-state index contributed by atoms with van der Waals surface area (Å²) in [5, 5.41) is 7.31. The lowest BCUT2D eigenvalue weighted by molar-refractivity contribution is 0.660. The fourth-order valence-corrected chi connectivity index (χ4v) is 12.9. The van der Waals surface area contributed by atoms with Gasteiger partial charge in [0.25, 0.3) is 0 Å². The molecule has 1 aromatic heterocycles. The summed E-state index contributed by atoms with van der Waals surface area (Å²) >= 11 is 0. The summed E-state index contributed by atoms with van der Waals surface area (Å²) in [6.07, 6.45) is 0. The van der Waals surface area contributed by atoms with Crippen LogP contribution in [0.25, 0.3) is 110 Å². The van der Waals surface area contributed by atoms with Gasteiger partial charge < -0.3 is 9.32 Å². The summed E-state index contributed by atoms with van der Waals surface area (Å²) in [7, 11) is 0. The van der Waals surface area contributed by atoms with Gasteiger partial charge in [-0.3, -0.25) is 0 Å². The van der Waals surface area contributed by atoms with Gasteiger partial charge in [-0.15, -0.1) is 0 Å². The monoisotopic (exact) mass is 971 g/mol. The summed E-state index contributed by atoms with van der Waals surface area (Å²) in [5.74, 6) is 0. The van der Waals surface area contributed by atoms with Crippen LogP contribution >= 0.6 is 0 Å². The van der Waals surface area contributed by atoms with Crippen LogP contribution in [-0.4, -0.2) is 0 Å². The zero-order valence-electron chi connectivity index (χ0n) is 43.0. The fourth-order valence-electron chi connectivity index (χ4n) is 12.9. The molecule has 0 saturated carbocycles. The van der Waals surface area contributed by atoms with E-state index in [1.54, 1.807) is 0 Å². The summed E-state index contributed by atoms with van der Waals surface area (Å²) in [6.45, 7) is 9.60. The lowest BCUT2D eigenvalue weighted by atomic mass is 9.81. The molecule has 0 atom stereocenters. The maximum atomic E-state index is 6.54. The smallest absolute Gasteiger partial charge is 0.143 e. The molecular weight excluding hydrogens is 919 g/mol. The second-order valence-electron chi connectivity index (χ2n) is 22.1. The van der Waals surface area contributed by atoms with Gasteiger partial charge in [0, 0.05) is 44.2 Å². The van der Waals surface area contributed by atoms with Crippen molar-refractivity contribution in [3.8, 4) is 66.8 Å². The molecule has 2 aliphatic rings. The Hall–Kier alpha value is -9.24. The number of fused-ring (bicyclic) bond motifs is 11. The van der Waals surface area contributed by atoms with E-state index in [0.717, 1.165) is 61.3 Å². The number of para-hydroxylation sites is 2. The molecule has 2 heteroatoms. The Labute approximate surface area is 443 Å². The molecule has 12 aromatic carbocycles. The number of nitrogens with zero attached hydrogens (tertiary/aromatic N) is 1. The lowest BCUT2D eigenvalue weighted by Gasteiger charge is -2.30. The molecule has 13 aromatic rings. The van der Waals surface area contributed by atoms with Gasteiger partial charge in [0.05, 0.1) is 0 Å². The second-order valence-corrected chi connectivity index (χ2v) is 22.1. The second kappa shape index (κ2) is 16.6. The van der Waals surface area contributed by atoms with Crippen molar-refractivity contribution in [1.82, 2.24) is 0 Å². The van der Waals surface area contributed by atoms with Gasteiger partial charge in [-0.05, 0) is 178 Å². The molecule has 15 rings (SSSR count). The molecule has 0 fully saturated rings. The Morgan fingerprint density at radius 2 is 0.697 bits per heavy atom. The van der Waals surface area contributed by atoms with Crippen molar-refractivity contribution in [2.45, 2.75) is 38.5 Å². The van der Waals surface area contributed by atoms with Crippen molar-refractivity contribution in [1.29, 1.82) is 0 Å². The van der Waals surface area contributed by atoms with Crippen LogP contribution in [0.4, 0.5) is 17.1 Å². The van der Waals surface area contributed by atoms with Crippen LogP contribution in [0.2, 0.25) is 0 Å². The predicted molar refractivity (Wildman–Crippen MR) is 320 cm³/mol. The van der Waals surface area contributed by atoms with E-state index < -0.39 is 0 Å². The lowest BCUT2D eigenvalue weighted by Crippen LogP contribution is -2.18. The summed E-state index contributed by atoms with van der Waals surface area (Å²) in [4.78, 5) is 2.49. The molecule has 0 radical (unpaired) electrons. The van der Waals surface area contributed by atoms with E-state index in [1.165, 1.54) is 88.3 Å². The van der Waals surface area contributed by atoms with Gasteiger partial charge in [0.1, 0.15) is 11.2 Å². The van der Waals surface area contributed by atoms with Gasteiger partial charge in [0.2, 0.25) is 0 Å². The average Bonchev–Trinajstić information content (AvgIpc) is 4.17. The van der Waals surface area contributed by atoms with Gasteiger partial charge in [-0.2, -0.15) is 0 Å². The SMILES string of the molecule is CC1(C)c2cc(-c3ccc4ccccc4c3)ccc2-c2ccc(N(c3cccc(-c4cccc(-c5cccc6c5oc5ccccc56)c4)c3)c3ccc4c(c3)C(C)(C)c3cc(-c5ccc6ccccc6c5)ccc3-4)cc21. The van der Waals surface area contributed by atoms with Gasteiger partial charge >= 0.3 is 0 Å². The first-order valence-electron chi connectivity index (χ1n) is 26.6. The third kappa shape index (κ3) is 6.87. The number of benzene rings is 12. The van der Waals surface area contributed by atoms with Gasteiger partial charge in [-0.1, -0.05) is 204 Å². The number of anilines is 3. The molecule has 1 heterocycles. The van der Waals surface area contributed by atoms with Crippen molar-refractivity contribution >= 4 is 60.5 Å². The summed E-state index contributed by atoms with van der Waals surface area (Å²) in [5.41, 5.74) is 24.8. The highest BCUT2D eigenvalue weighted by molar-refractivity contribution is 6.09. The summed E-state index contributed by atoms with van der Waals surface area (Å²) in [6, 6.07) is 92.3. The van der Waals surface area contributed by atoms with Crippen LogP contribution in [0.5, 0.6) is 0 Å². The third-order valence-corrected chi connectivity index (χ3v) is 17.0. The Kier molecular flexibility index (Phi) is 9.69. The Bertz CT molecular complexity index is 4360. The van der Waals surface area contributed by atoms with Crippen molar-refractivity contribution < 1.29 is 4.42 Å². The minimum atomic E-state index is -0.242. The number of hydrogen-bond acceptors (Lipinski definition) is 2. The molecule has 0 unspecified atom stereocenters. The minimum Gasteiger partial charge on any atom is -0.455 e. The number of furan rings is 1. The zero-order valence-corrected chi connectivity index (χ0v) is 43.0. The molecule has 0 saturated heterocycles. The van der Waals surface area contributed by atoms with Gasteiger partial charge in [0.15, 0.2) is 0 Å². The molecule has 0 bridgehead atoms. The molecule has 0 N–H and O–H groups in total. The highest BCUT2D eigenvalue weighted by atomic mass is 16.3. The fraction of sp³-hybridized carbons (Fsp3) is 0.0811. The maximum absolute atomic E-state index is 6.54.